The van der Waals surface area contributed by atoms with E-state index in [2.05, 4.69) is 26.1 Å². The Kier molecular flexibility index (Phi) is 4.24. The second-order valence-corrected chi connectivity index (χ2v) is 4.47. The minimum absolute atomic E-state index is 0.223. The molecule has 1 nitrogen and oxygen atoms in total. The van der Waals surface area contributed by atoms with Gasteiger partial charge in [-0.25, -0.2) is 0 Å². The van der Waals surface area contributed by atoms with Gasteiger partial charge in [0.1, 0.15) is 0 Å². The maximum absolute atomic E-state index is 6.10. The lowest BCUT2D eigenvalue weighted by Gasteiger charge is -2.18. The first kappa shape index (κ1) is 11.8. The number of benzene rings is 1. The zero-order valence-electron chi connectivity index (χ0n) is 8.64. The van der Waals surface area contributed by atoms with Gasteiger partial charge in [0.2, 0.25) is 0 Å². The van der Waals surface area contributed by atoms with Crippen molar-refractivity contribution in [3.05, 3.63) is 33.8 Å². The summed E-state index contributed by atoms with van der Waals surface area (Å²) in [6, 6.07) is 6.37. The summed E-state index contributed by atoms with van der Waals surface area (Å²) in [4.78, 5) is 0. The number of hydrogen-bond acceptors (Lipinski definition) is 1. The van der Waals surface area contributed by atoms with Gasteiger partial charge < -0.3 is 5.32 Å². The minimum atomic E-state index is 0.223. The summed E-state index contributed by atoms with van der Waals surface area (Å²) in [5.74, 6) is 0. The fourth-order valence-corrected chi connectivity index (χ4v) is 1.92. The van der Waals surface area contributed by atoms with Crippen LogP contribution in [0.4, 0.5) is 0 Å². The highest BCUT2D eigenvalue weighted by Crippen LogP contribution is 2.29. The van der Waals surface area contributed by atoms with Crippen molar-refractivity contribution < 1.29 is 0 Å². The van der Waals surface area contributed by atoms with Crippen molar-refractivity contribution in [1.82, 2.24) is 5.32 Å². The second-order valence-electron chi connectivity index (χ2n) is 3.69. The van der Waals surface area contributed by atoms with Gasteiger partial charge in [0, 0.05) is 12.1 Å². The van der Waals surface area contributed by atoms with Crippen LogP contribution in [0.2, 0.25) is 10.0 Å². The number of halogens is 2. The Balaban J connectivity index is 2.89. The van der Waals surface area contributed by atoms with E-state index in [1.54, 1.807) is 6.07 Å². The van der Waals surface area contributed by atoms with Crippen LogP contribution in [0.3, 0.4) is 0 Å². The lowest BCUT2D eigenvalue weighted by Crippen LogP contribution is -2.26. The van der Waals surface area contributed by atoms with Gasteiger partial charge in [-0.05, 0) is 18.6 Å². The van der Waals surface area contributed by atoms with E-state index >= 15 is 0 Å². The van der Waals surface area contributed by atoms with Gasteiger partial charge >= 0.3 is 0 Å². The zero-order valence-corrected chi connectivity index (χ0v) is 10.2. The Labute approximate surface area is 95.4 Å². The highest BCUT2D eigenvalue weighted by molar-refractivity contribution is 6.42. The SMILES string of the molecule is CC(C)NC(C)c1cccc(Cl)c1Cl. The van der Waals surface area contributed by atoms with Crippen LogP contribution < -0.4 is 5.32 Å². The molecular formula is C11H15Cl2N. The van der Waals surface area contributed by atoms with Crippen LogP contribution in [-0.2, 0) is 0 Å². The van der Waals surface area contributed by atoms with E-state index in [1.807, 2.05) is 12.1 Å². The molecule has 0 aliphatic carbocycles. The zero-order chi connectivity index (χ0) is 10.7. The van der Waals surface area contributed by atoms with Gasteiger partial charge in [0.15, 0.2) is 0 Å². The molecule has 0 saturated carbocycles. The molecule has 0 radical (unpaired) electrons. The van der Waals surface area contributed by atoms with E-state index in [1.165, 1.54) is 0 Å². The normalized spacial score (nSPS) is 13.3. The summed E-state index contributed by atoms with van der Waals surface area (Å²) in [5, 5.41) is 4.64. The summed E-state index contributed by atoms with van der Waals surface area (Å²) in [7, 11) is 0. The minimum Gasteiger partial charge on any atom is -0.308 e. The third-order valence-corrected chi connectivity index (χ3v) is 2.86. The molecule has 1 unspecified atom stereocenters. The Morgan fingerprint density at radius 3 is 2.36 bits per heavy atom. The summed E-state index contributed by atoms with van der Waals surface area (Å²) in [6.45, 7) is 6.29. The van der Waals surface area contributed by atoms with Gasteiger partial charge in [0.25, 0.3) is 0 Å². The number of hydrogen-bond donors (Lipinski definition) is 1. The van der Waals surface area contributed by atoms with E-state index in [0.29, 0.717) is 16.1 Å². The highest BCUT2D eigenvalue weighted by atomic mass is 35.5. The van der Waals surface area contributed by atoms with E-state index in [-0.39, 0.29) is 6.04 Å². The first-order valence-corrected chi connectivity index (χ1v) is 5.48. The predicted molar refractivity (Wildman–Crippen MR) is 63.1 cm³/mol. The van der Waals surface area contributed by atoms with Gasteiger partial charge in [0.05, 0.1) is 10.0 Å². The highest BCUT2D eigenvalue weighted by Gasteiger charge is 2.11. The molecule has 1 aromatic rings. The molecule has 0 aliphatic rings. The molecule has 0 heterocycles. The van der Waals surface area contributed by atoms with Crippen LogP contribution in [0.5, 0.6) is 0 Å². The molecule has 3 heteroatoms. The average Bonchev–Trinajstić information content (AvgIpc) is 2.08. The van der Waals surface area contributed by atoms with Gasteiger partial charge in [-0.3, -0.25) is 0 Å². The van der Waals surface area contributed by atoms with Crippen molar-refractivity contribution >= 4 is 23.2 Å². The van der Waals surface area contributed by atoms with Crippen molar-refractivity contribution in [2.75, 3.05) is 0 Å². The molecule has 0 aliphatic heterocycles. The molecule has 1 atom stereocenters. The van der Waals surface area contributed by atoms with E-state index in [4.69, 9.17) is 23.2 Å². The van der Waals surface area contributed by atoms with E-state index < -0.39 is 0 Å². The molecule has 0 fully saturated rings. The van der Waals surface area contributed by atoms with Gasteiger partial charge in [-0.1, -0.05) is 49.2 Å². The van der Waals surface area contributed by atoms with Crippen molar-refractivity contribution in [2.24, 2.45) is 0 Å². The monoisotopic (exact) mass is 231 g/mol. The third kappa shape index (κ3) is 2.88. The van der Waals surface area contributed by atoms with Crippen LogP contribution in [-0.4, -0.2) is 6.04 Å². The first-order chi connectivity index (χ1) is 6.52. The summed E-state index contributed by atoms with van der Waals surface area (Å²) in [5.41, 5.74) is 1.05. The molecular weight excluding hydrogens is 217 g/mol. The van der Waals surface area contributed by atoms with Crippen LogP contribution >= 0.6 is 23.2 Å². The molecule has 14 heavy (non-hydrogen) atoms. The van der Waals surface area contributed by atoms with Crippen LogP contribution in [0, 0.1) is 0 Å². The van der Waals surface area contributed by atoms with Crippen LogP contribution in [0.25, 0.3) is 0 Å². The summed E-state index contributed by atoms with van der Waals surface area (Å²) in [6.07, 6.45) is 0. The maximum Gasteiger partial charge on any atom is 0.0639 e. The molecule has 0 bridgehead atoms. The topological polar surface area (TPSA) is 12.0 Å². The lowest BCUT2D eigenvalue weighted by molar-refractivity contribution is 0.506. The van der Waals surface area contributed by atoms with Crippen molar-refractivity contribution in [2.45, 2.75) is 32.9 Å². The second kappa shape index (κ2) is 5.01. The molecule has 0 spiro atoms. The summed E-state index contributed by atoms with van der Waals surface area (Å²) >= 11 is 12.0. The third-order valence-electron chi connectivity index (χ3n) is 2.03. The smallest absolute Gasteiger partial charge is 0.0639 e. The van der Waals surface area contributed by atoms with Gasteiger partial charge in [-0.15, -0.1) is 0 Å². The predicted octanol–water partition coefficient (Wildman–Crippen LogP) is 4.05. The lowest BCUT2D eigenvalue weighted by atomic mass is 10.1. The molecule has 0 amide bonds. The Hall–Kier alpha value is -0.240. The standard InChI is InChI=1S/C11H15Cl2N/c1-7(2)14-8(3)9-5-4-6-10(12)11(9)13/h4-8,14H,1-3H3. The molecule has 1 aromatic carbocycles. The molecule has 1 N–H and O–H groups in total. The Morgan fingerprint density at radius 2 is 1.79 bits per heavy atom. The molecule has 78 valence electrons. The van der Waals surface area contributed by atoms with Crippen molar-refractivity contribution in [3.63, 3.8) is 0 Å². The quantitative estimate of drug-likeness (QED) is 0.828. The van der Waals surface area contributed by atoms with Gasteiger partial charge in [-0.2, -0.15) is 0 Å². The average molecular weight is 232 g/mol. The van der Waals surface area contributed by atoms with Crippen molar-refractivity contribution in [1.29, 1.82) is 0 Å². The van der Waals surface area contributed by atoms with E-state index in [9.17, 15) is 0 Å². The fourth-order valence-electron chi connectivity index (χ4n) is 1.44. The molecule has 0 saturated heterocycles. The first-order valence-electron chi connectivity index (χ1n) is 4.72. The Bertz CT molecular complexity index is 310. The van der Waals surface area contributed by atoms with E-state index in [0.717, 1.165) is 5.56 Å². The summed E-state index contributed by atoms with van der Waals surface area (Å²) < 4.78 is 0. The van der Waals surface area contributed by atoms with Crippen LogP contribution in [0.1, 0.15) is 32.4 Å². The van der Waals surface area contributed by atoms with Crippen LogP contribution in [0.15, 0.2) is 18.2 Å². The number of rotatable bonds is 3. The number of nitrogens with one attached hydrogen (secondary N) is 1. The Morgan fingerprint density at radius 1 is 1.14 bits per heavy atom. The van der Waals surface area contributed by atoms with Crippen molar-refractivity contribution in [3.8, 4) is 0 Å². The fraction of sp³-hybridized carbons (Fsp3) is 0.455. The maximum atomic E-state index is 6.10. The molecule has 1 rings (SSSR count). The molecule has 0 aromatic heterocycles. The largest absolute Gasteiger partial charge is 0.308 e.